The summed E-state index contributed by atoms with van der Waals surface area (Å²) in [6.45, 7) is 11.9. The molecule has 1 aromatic rings. The van der Waals surface area contributed by atoms with Crippen molar-refractivity contribution in [3.05, 3.63) is 29.8 Å². The molecule has 1 fully saturated rings. The summed E-state index contributed by atoms with van der Waals surface area (Å²) in [7, 11) is 0. The van der Waals surface area contributed by atoms with Crippen LogP contribution >= 0.6 is 24.0 Å². The van der Waals surface area contributed by atoms with E-state index in [-0.39, 0.29) is 52.7 Å². The number of nitrogens with zero attached hydrogens (tertiary/aromatic N) is 1. The van der Waals surface area contributed by atoms with Crippen molar-refractivity contribution in [1.29, 1.82) is 0 Å². The van der Waals surface area contributed by atoms with E-state index in [1.165, 1.54) is 6.07 Å². The van der Waals surface area contributed by atoms with Crippen molar-refractivity contribution in [3.8, 4) is 5.75 Å². The molecule has 0 aromatic heterocycles. The number of carbonyl (C=O) groups is 1. The summed E-state index contributed by atoms with van der Waals surface area (Å²) in [4.78, 5) is 16.9. The maximum atomic E-state index is 12.1. The normalized spacial score (nSPS) is 19.5. The van der Waals surface area contributed by atoms with Crippen LogP contribution in [-0.2, 0) is 4.74 Å². The second-order valence-electron chi connectivity index (χ2n) is 8.48. The number of amides is 1. The fraction of sp³-hybridized carbons (Fsp3) is 0.636. The van der Waals surface area contributed by atoms with Crippen LogP contribution in [0.25, 0.3) is 0 Å². The van der Waals surface area contributed by atoms with Crippen molar-refractivity contribution < 1.29 is 14.6 Å². The third-order valence-corrected chi connectivity index (χ3v) is 4.98. The van der Waals surface area contributed by atoms with Crippen LogP contribution in [-0.4, -0.2) is 55.9 Å². The lowest BCUT2D eigenvalue weighted by molar-refractivity contribution is -0.0823. The predicted molar refractivity (Wildman–Crippen MR) is 132 cm³/mol. The van der Waals surface area contributed by atoms with Crippen molar-refractivity contribution in [3.63, 3.8) is 0 Å². The molecule has 1 heterocycles. The van der Waals surface area contributed by atoms with Crippen LogP contribution in [0, 0.1) is 11.3 Å². The molecule has 7 nitrogen and oxygen atoms in total. The third-order valence-electron chi connectivity index (χ3n) is 4.98. The number of guanidine groups is 1. The number of halogens is 1. The van der Waals surface area contributed by atoms with E-state index in [0.29, 0.717) is 25.6 Å². The highest BCUT2D eigenvalue weighted by Crippen LogP contribution is 2.34. The average molecular weight is 532 g/mol. The molecule has 0 radical (unpaired) electrons. The van der Waals surface area contributed by atoms with E-state index in [2.05, 4.69) is 36.7 Å². The van der Waals surface area contributed by atoms with Crippen LogP contribution in [0.2, 0.25) is 0 Å². The van der Waals surface area contributed by atoms with Crippen molar-refractivity contribution in [1.82, 2.24) is 16.0 Å². The second kappa shape index (κ2) is 13.0. The molecule has 1 aliphatic rings. The van der Waals surface area contributed by atoms with Gasteiger partial charge >= 0.3 is 0 Å². The van der Waals surface area contributed by atoms with Gasteiger partial charge in [0.05, 0.1) is 11.7 Å². The Hall–Kier alpha value is -1.55. The van der Waals surface area contributed by atoms with Gasteiger partial charge in [-0.3, -0.25) is 9.79 Å². The van der Waals surface area contributed by atoms with E-state index in [1.807, 2.05) is 6.92 Å². The molecule has 1 aromatic carbocycles. The van der Waals surface area contributed by atoms with Crippen LogP contribution in [0.3, 0.4) is 0 Å². The standard InChI is InChI=1S/C22H36N4O3.HI/c1-5-23-21(26-15-16-9-8-14-29-19(16)22(2,3)4)25-13-12-24-20(28)17-10-6-7-11-18(17)27;/h6-7,10-11,16,19,27H,5,8-9,12-15H2,1-4H3,(H,24,28)(H2,23,25,26);1H. The summed E-state index contributed by atoms with van der Waals surface area (Å²) in [5.41, 5.74) is 0.373. The van der Waals surface area contributed by atoms with Gasteiger partial charge in [-0.2, -0.15) is 0 Å². The first-order valence-corrected chi connectivity index (χ1v) is 10.5. The van der Waals surface area contributed by atoms with Gasteiger partial charge in [0.25, 0.3) is 5.91 Å². The van der Waals surface area contributed by atoms with E-state index in [9.17, 15) is 9.90 Å². The van der Waals surface area contributed by atoms with E-state index in [1.54, 1.807) is 18.2 Å². The van der Waals surface area contributed by atoms with Crippen LogP contribution in [0.1, 0.15) is 50.9 Å². The molecule has 0 bridgehead atoms. The molecule has 1 aliphatic heterocycles. The number of benzene rings is 1. The van der Waals surface area contributed by atoms with Crippen molar-refractivity contribution in [2.75, 3.05) is 32.8 Å². The molecular formula is C22H37IN4O3. The summed E-state index contributed by atoms with van der Waals surface area (Å²) < 4.78 is 6.05. The third kappa shape index (κ3) is 8.29. The number of ether oxygens (including phenoxy) is 1. The Balaban J connectivity index is 0.00000450. The zero-order valence-electron chi connectivity index (χ0n) is 18.5. The van der Waals surface area contributed by atoms with Gasteiger partial charge in [-0.05, 0) is 37.3 Å². The Morgan fingerprint density at radius 2 is 1.90 bits per heavy atom. The number of carbonyl (C=O) groups excluding carboxylic acids is 1. The minimum Gasteiger partial charge on any atom is -0.507 e. The smallest absolute Gasteiger partial charge is 0.255 e. The molecule has 2 atom stereocenters. The van der Waals surface area contributed by atoms with Crippen molar-refractivity contribution in [2.45, 2.75) is 46.6 Å². The Labute approximate surface area is 197 Å². The minimum absolute atomic E-state index is 0. The number of phenolic OH excluding ortho intramolecular Hbond substituents is 1. The quantitative estimate of drug-likeness (QED) is 0.187. The Morgan fingerprint density at radius 3 is 2.57 bits per heavy atom. The fourth-order valence-electron chi connectivity index (χ4n) is 3.66. The number of rotatable bonds is 7. The molecule has 30 heavy (non-hydrogen) atoms. The highest BCUT2D eigenvalue weighted by molar-refractivity contribution is 14.0. The lowest BCUT2D eigenvalue weighted by Gasteiger charge is -2.39. The summed E-state index contributed by atoms with van der Waals surface area (Å²) in [6.07, 6.45) is 2.41. The molecule has 0 aliphatic carbocycles. The molecule has 4 N–H and O–H groups in total. The lowest BCUT2D eigenvalue weighted by atomic mass is 9.78. The molecule has 1 amide bonds. The van der Waals surface area contributed by atoms with Crippen molar-refractivity contribution >= 4 is 35.8 Å². The number of aromatic hydroxyl groups is 1. The van der Waals surface area contributed by atoms with E-state index < -0.39 is 0 Å². The van der Waals surface area contributed by atoms with Gasteiger partial charge in [-0.1, -0.05) is 32.9 Å². The van der Waals surface area contributed by atoms with E-state index in [4.69, 9.17) is 9.73 Å². The first-order chi connectivity index (χ1) is 13.8. The van der Waals surface area contributed by atoms with Crippen LogP contribution in [0.4, 0.5) is 0 Å². The average Bonchev–Trinajstić information content (AvgIpc) is 2.69. The van der Waals surface area contributed by atoms with Gasteiger partial charge in [0, 0.05) is 38.7 Å². The number of para-hydroxylation sites is 1. The molecule has 8 heteroatoms. The van der Waals surface area contributed by atoms with Crippen molar-refractivity contribution in [2.24, 2.45) is 16.3 Å². The van der Waals surface area contributed by atoms with Gasteiger partial charge in [-0.25, -0.2) is 0 Å². The first-order valence-electron chi connectivity index (χ1n) is 10.5. The molecule has 0 spiro atoms. The predicted octanol–water partition coefficient (Wildman–Crippen LogP) is 3.14. The van der Waals surface area contributed by atoms with Gasteiger partial charge in [0.1, 0.15) is 5.75 Å². The van der Waals surface area contributed by atoms with Crippen LogP contribution < -0.4 is 16.0 Å². The summed E-state index contributed by atoms with van der Waals surface area (Å²) >= 11 is 0. The first kappa shape index (κ1) is 26.5. The maximum Gasteiger partial charge on any atom is 0.255 e. The maximum absolute atomic E-state index is 12.1. The zero-order chi connectivity index (χ0) is 21.3. The molecular weight excluding hydrogens is 495 g/mol. The highest BCUT2D eigenvalue weighted by atomic mass is 127. The number of phenols is 1. The molecule has 2 rings (SSSR count). The number of nitrogens with one attached hydrogen (secondary N) is 3. The van der Waals surface area contributed by atoms with Gasteiger partial charge in [-0.15, -0.1) is 24.0 Å². The second-order valence-corrected chi connectivity index (χ2v) is 8.48. The summed E-state index contributed by atoms with van der Waals surface area (Å²) in [6, 6.07) is 6.52. The van der Waals surface area contributed by atoms with Crippen LogP contribution in [0.15, 0.2) is 29.3 Å². The Kier molecular flexibility index (Phi) is 11.5. The lowest BCUT2D eigenvalue weighted by Crippen LogP contribution is -2.44. The number of hydrogen-bond donors (Lipinski definition) is 4. The monoisotopic (exact) mass is 532 g/mol. The topological polar surface area (TPSA) is 95.0 Å². The molecule has 1 saturated heterocycles. The Bertz CT molecular complexity index is 691. The Morgan fingerprint density at radius 1 is 1.20 bits per heavy atom. The molecule has 0 saturated carbocycles. The number of hydrogen-bond acceptors (Lipinski definition) is 4. The SMILES string of the molecule is CCNC(=NCC1CCCOC1C(C)(C)C)NCCNC(=O)c1ccccc1O.I. The van der Waals surface area contributed by atoms with E-state index in [0.717, 1.165) is 32.0 Å². The molecule has 2 unspecified atom stereocenters. The van der Waals surface area contributed by atoms with Gasteiger partial charge in [0.15, 0.2) is 5.96 Å². The highest BCUT2D eigenvalue weighted by Gasteiger charge is 2.35. The summed E-state index contributed by atoms with van der Waals surface area (Å²) in [5.74, 6) is 0.831. The largest absolute Gasteiger partial charge is 0.507 e. The minimum atomic E-state index is -0.292. The van der Waals surface area contributed by atoms with Crippen LogP contribution in [0.5, 0.6) is 5.75 Å². The van der Waals surface area contributed by atoms with Gasteiger partial charge < -0.3 is 25.8 Å². The summed E-state index contributed by atoms with van der Waals surface area (Å²) in [5, 5.41) is 19.1. The van der Waals surface area contributed by atoms with E-state index >= 15 is 0 Å². The fourth-order valence-corrected chi connectivity index (χ4v) is 3.66. The van der Waals surface area contributed by atoms with Gasteiger partial charge in [0.2, 0.25) is 0 Å². The number of aliphatic imine (C=N–C) groups is 1. The zero-order valence-corrected chi connectivity index (χ0v) is 20.9. The molecule has 170 valence electrons.